The second-order valence-electron chi connectivity index (χ2n) is 5.91. The highest BCUT2D eigenvalue weighted by Crippen LogP contribution is 2.44. The number of hydrogen-bond acceptors (Lipinski definition) is 2. The second-order valence-corrected chi connectivity index (χ2v) is 5.91. The zero-order chi connectivity index (χ0) is 16.8. The first kappa shape index (κ1) is 15.7. The molecule has 1 fully saturated rings. The number of alkyl halides is 2. The number of amides is 2. The van der Waals surface area contributed by atoms with Crippen molar-refractivity contribution in [1.29, 1.82) is 0 Å². The number of carbonyl (C=O) groups is 1. The molecule has 1 unspecified atom stereocenters. The fraction of sp³-hybridized carbons (Fsp3) is 0.438. The van der Waals surface area contributed by atoms with Crippen molar-refractivity contribution in [3.05, 3.63) is 29.1 Å². The summed E-state index contributed by atoms with van der Waals surface area (Å²) in [6.45, 7) is 0.0352. The van der Waals surface area contributed by atoms with E-state index in [2.05, 4.69) is 22.5 Å². The van der Waals surface area contributed by atoms with Gasteiger partial charge in [-0.2, -0.15) is 0 Å². The minimum Gasteiger partial charge on any atom is -0.392 e. The first-order valence-corrected chi connectivity index (χ1v) is 7.20. The molecule has 1 aromatic rings. The van der Waals surface area contributed by atoms with Crippen LogP contribution in [0.3, 0.4) is 0 Å². The van der Waals surface area contributed by atoms with E-state index in [0.29, 0.717) is 6.92 Å². The Morgan fingerprint density at radius 2 is 2.13 bits per heavy atom. The monoisotopic (exact) mass is 324 g/mol. The molecule has 1 aliphatic carbocycles. The lowest BCUT2D eigenvalue weighted by molar-refractivity contribution is -0.0465. The number of rotatable bonds is 2. The van der Waals surface area contributed by atoms with Gasteiger partial charge in [-0.1, -0.05) is 11.8 Å². The molecular weight excluding hydrogens is 309 g/mol. The van der Waals surface area contributed by atoms with Gasteiger partial charge in [-0.05, 0) is 25.0 Å². The predicted molar refractivity (Wildman–Crippen MR) is 77.3 cm³/mol. The number of fused-ring (bicyclic) bond motifs is 1. The number of benzene rings is 1. The van der Waals surface area contributed by atoms with Gasteiger partial charge in [-0.15, -0.1) is 0 Å². The fourth-order valence-corrected chi connectivity index (χ4v) is 2.54. The average molecular weight is 324 g/mol. The number of carbonyl (C=O) groups excluding carboxylic acids is 1. The van der Waals surface area contributed by atoms with Crippen molar-refractivity contribution < 1.29 is 23.1 Å². The highest BCUT2D eigenvalue weighted by atomic mass is 19.3. The summed E-state index contributed by atoms with van der Waals surface area (Å²) in [4.78, 5) is 11.9. The lowest BCUT2D eigenvalue weighted by atomic mass is 9.81. The lowest BCUT2D eigenvalue weighted by Gasteiger charge is -2.40. The van der Waals surface area contributed by atoms with E-state index in [1.54, 1.807) is 0 Å². The third kappa shape index (κ3) is 2.63. The number of urea groups is 1. The summed E-state index contributed by atoms with van der Waals surface area (Å²) in [5.41, 5.74) is -2.52. The summed E-state index contributed by atoms with van der Waals surface area (Å²) in [6.07, 6.45) is 1.66. The van der Waals surface area contributed by atoms with Gasteiger partial charge in [-0.25, -0.2) is 18.0 Å². The summed E-state index contributed by atoms with van der Waals surface area (Å²) in [7, 11) is 0. The molecule has 3 N–H and O–H groups in total. The number of hydrogen-bond donors (Lipinski definition) is 3. The summed E-state index contributed by atoms with van der Waals surface area (Å²) >= 11 is 0. The molecule has 23 heavy (non-hydrogen) atoms. The van der Waals surface area contributed by atoms with Crippen molar-refractivity contribution >= 4 is 11.7 Å². The van der Waals surface area contributed by atoms with Gasteiger partial charge in [0.2, 0.25) is 0 Å². The summed E-state index contributed by atoms with van der Waals surface area (Å²) < 4.78 is 42.8. The average Bonchev–Trinajstić information content (AvgIpc) is 3.27. The van der Waals surface area contributed by atoms with Crippen LogP contribution in [0.5, 0.6) is 0 Å². The van der Waals surface area contributed by atoms with E-state index < -0.39 is 29.9 Å². The molecule has 4 nitrogen and oxygen atoms in total. The molecule has 0 saturated heterocycles. The Balaban J connectivity index is 2.23. The maximum atomic E-state index is 14.4. The molecule has 0 aromatic heterocycles. The van der Waals surface area contributed by atoms with Gasteiger partial charge in [0.1, 0.15) is 5.82 Å². The maximum Gasteiger partial charge on any atom is 0.320 e. The normalized spacial score (nSPS) is 23.3. The Kier molecular flexibility index (Phi) is 3.52. The minimum absolute atomic E-state index is 0.0193. The van der Waals surface area contributed by atoms with Gasteiger partial charge in [0.15, 0.2) is 5.54 Å². The Hall–Kier alpha value is -2.20. The maximum absolute atomic E-state index is 14.4. The van der Waals surface area contributed by atoms with Crippen LogP contribution >= 0.6 is 0 Å². The highest BCUT2D eigenvalue weighted by Gasteiger charge is 2.55. The van der Waals surface area contributed by atoms with E-state index in [4.69, 9.17) is 5.11 Å². The van der Waals surface area contributed by atoms with Crippen molar-refractivity contribution in [1.82, 2.24) is 5.32 Å². The molecule has 1 aliphatic heterocycles. The topological polar surface area (TPSA) is 61.4 Å². The van der Waals surface area contributed by atoms with Crippen LogP contribution in [0.15, 0.2) is 12.1 Å². The van der Waals surface area contributed by atoms with Crippen LogP contribution in [-0.2, 0) is 12.1 Å². The Morgan fingerprint density at radius 1 is 1.43 bits per heavy atom. The number of aliphatic hydroxyl groups excluding tert-OH is 1. The molecule has 3 rings (SSSR count). The molecule has 0 radical (unpaired) electrons. The van der Waals surface area contributed by atoms with Crippen LogP contribution in [0.4, 0.5) is 23.7 Å². The van der Waals surface area contributed by atoms with Gasteiger partial charge >= 0.3 is 6.03 Å². The molecule has 1 aromatic carbocycles. The molecule has 0 bridgehead atoms. The van der Waals surface area contributed by atoms with Crippen LogP contribution in [-0.4, -0.2) is 17.1 Å². The van der Waals surface area contributed by atoms with Crippen molar-refractivity contribution in [3.8, 4) is 11.8 Å². The van der Waals surface area contributed by atoms with Crippen LogP contribution in [0.2, 0.25) is 0 Å². The molecule has 0 spiro atoms. The quantitative estimate of drug-likeness (QED) is 0.733. The standard InChI is InChI=1S/C16H15F3N2O2/c1-15(18,19)16(5-4-9-2-3-9)11-7-12(17)10(8-22)6-13(11)20-14(23)21-16/h6-7,9,22H,2-3,8H2,1H3,(H2,20,21,23). The highest BCUT2D eigenvalue weighted by molar-refractivity contribution is 5.95. The number of anilines is 1. The Morgan fingerprint density at radius 3 is 2.70 bits per heavy atom. The van der Waals surface area contributed by atoms with Crippen molar-refractivity contribution in [2.45, 2.75) is 37.8 Å². The SMILES string of the molecule is CC(F)(F)C1(C#CC2CC2)NC(=O)Nc2cc(CO)c(F)cc21. The molecule has 1 atom stereocenters. The molecular formula is C16H15F3N2O2. The molecule has 122 valence electrons. The smallest absolute Gasteiger partial charge is 0.320 e. The van der Waals surface area contributed by atoms with Gasteiger partial charge in [0, 0.05) is 29.7 Å². The van der Waals surface area contributed by atoms with Gasteiger partial charge in [-0.3, -0.25) is 0 Å². The van der Waals surface area contributed by atoms with Crippen molar-refractivity contribution in [2.24, 2.45) is 5.92 Å². The van der Waals surface area contributed by atoms with Gasteiger partial charge < -0.3 is 15.7 Å². The van der Waals surface area contributed by atoms with Crippen LogP contribution in [0.1, 0.15) is 30.9 Å². The predicted octanol–water partition coefficient (Wildman–Crippen LogP) is 2.72. The van der Waals surface area contributed by atoms with Crippen LogP contribution in [0.25, 0.3) is 0 Å². The van der Waals surface area contributed by atoms with Crippen LogP contribution < -0.4 is 10.6 Å². The van der Waals surface area contributed by atoms with Gasteiger partial charge in [0.05, 0.1) is 6.61 Å². The van der Waals surface area contributed by atoms with E-state index >= 15 is 0 Å². The largest absolute Gasteiger partial charge is 0.392 e. The first-order chi connectivity index (χ1) is 10.8. The molecule has 2 amide bonds. The zero-order valence-electron chi connectivity index (χ0n) is 12.3. The summed E-state index contributed by atoms with van der Waals surface area (Å²) in [5, 5.41) is 13.6. The fourth-order valence-electron chi connectivity index (χ4n) is 2.54. The Labute approximate surface area is 131 Å². The third-order valence-electron chi connectivity index (χ3n) is 4.01. The minimum atomic E-state index is -3.44. The van der Waals surface area contributed by atoms with E-state index in [1.165, 1.54) is 0 Å². The zero-order valence-corrected chi connectivity index (χ0v) is 12.3. The molecule has 1 heterocycles. The van der Waals surface area contributed by atoms with E-state index in [-0.39, 0.29) is 22.7 Å². The van der Waals surface area contributed by atoms with Gasteiger partial charge in [0.25, 0.3) is 5.92 Å². The van der Waals surface area contributed by atoms with E-state index in [1.807, 2.05) is 0 Å². The molecule has 1 saturated carbocycles. The second kappa shape index (κ2) is 5.17. The molecule has 2 aliphatic rings. The van der Waals surface area contributed by atoms with E-state index in [0.717, 1.165) is 25.0 Å². The van der Waals surface area contributed by atoms with Crippen molar-refractivity contribution in [3.63, 3.8) is 0 Å². The summed E-state index contributed by atoms with van der Waals surface area (Å²) in [6, 6.07) is 1.20. The summed E-state index contributed by atoms with van der Waals surface area (Å²) in [5.74, 6) is 0.996. The lowest BCUT2D eigenvalue weighted by Crippen LogP contribution is -2.59. The van der Waals surface area contributed by atoms with E-state index in [9.17, 15) is 18.0 Å². The van der Waals surface area contributed by atoms with Crippen LogP contribution in [0, 0.1) is 23.6 Å². The molecule has 7 heteroatoms. The number of aliphatic hydroxyl groups is 1. The van der Waals surface area contributed by atoms with Crippen molar-refractivity contribution in [2.75, 3.05) is 5.32 Å². The number of halogens is 3. The Bertz CT molecular complexity index is 729. The first-order valence-electron chi connectivity index (χ1n) is 7.20. The number of nitrogens with one attached hydrogen (secondary N) is 2. The third-order valence-corrected chi connectivity index (χ3v) is 4.01.